The van der Waals surface area contributed by atoms with Crippen molar-refractivity contribution in [3.8, 4) is 0 Å². The molecule has 6 nitrogen and oxygen atoms in total. The van der Waals surface area contributed by atoms with Gasteiger partial charge in [0.05, 0.1) is 23.7 Å². The summed E-state index contributed by atoms with van der Waals surface area (Å²) in [6.45, 7) is 5.95. The first-order valence-electron chi connectivity index (χ1n) is 7.29. The van der Waals surface area contributed by atoms with Gasteiger partial charge >= 0.3 is 0 Å². The number of nitrogens with zero attached hydrogens (tertiary/aromatic N) is 3. The summed E-state index contributed by atoms with van der Waals surface area (Å²) in [5.41, 5.74) is 0.611. The summed E-state index contributed by atoms with van der Waals surface area (Å²) in [5.74, 6) is 2.12. The van der Waals surface area contributed by atoms with Crippen molar-refractivity contribution in [1.82, 2.24) is 9.97 Å². The summed E-state index contributed by atoms with van der Waals surface area (Å²) in [6.07, 6.45) is 1.16. The Kier molecular flexibility index (Phi) is 3.65. The van der Waals surface area contributed by atoms with Gasteiger partial charge in [-0.25, -0.2) is 18.4 Å². The van der Waals surface area contributed by atoms with E-state index in [1.165, 1.54) is 0 Å². The SMILES string of the molecule is Cc1cc(N2CCOC3(CCS(=O)(=O)CC3)C2)nc(C)n1. The number of rotatable bonds is 1. The van der Waals surface area contributed by atoms with Crippen molar-refractivity contribution in [3.63, 3.8) is 0 Å². The molecule has 2 aliphatic rings. The fourth-order valence-electron chi connectivity index (χ4n) is 3.11. The van der Waals surface area contributed by atoms with Gasteiger partial charge in [0.25, 0.3) is 0 Å². The molecule has 116 valence electrons. The maximum absolute atomic E-state index is 11.6. The second-order valence-electron chi connectivity index (χ2n) is 6.02. The number of sulfone groups is 1. The lowest BCUT2D eigenvalue weighted by atomic mass is 9.94. The van der Waals surface area contributed by atoms with Crippen molar-refractivity contribution in [2.45, 2.75) is 32.3 Å². The van der Waals surface area contributed by atoms with Crippen LogP contribution in [0.15, 0.2) is 6.07 Å². The summed E-state index contributed by atoms with van der Waals surface area (Å²) in [5, 5.41) is 0. The fourth-order valence-corrected chi connectivity index (χ4v) is 4.68. The molecule has 0 radical (unpaired) electrons. The summed E-state index contributed by atoms with van der Waals surface area (Å²) < 4.78 is 29.2. The third kappa shape index (κ3) is 3.18. The number of aryl methyl sites for hydroxylation is 2. The van der Waals surface area contributed by atoms with E-state index >= 15 is 0 Å². The first-order valence-corrected chi connectivity index (χ1v) is 9.11. The molecule has 2 fully saturated rings. The quantitative estimate of drug-likeness (QED) is 0.766. The molecule has 0 aromatic carbocycles. The summed E-state index contributed by atoms with van der Waals surface area (Å²) in [4.78, 5) is 11.0. The first-order chi connectivity index (χ1) is 9.88. The molecule has 1 aromatic rings. The van der Waals surface area contributed by atoms with Crippen LogP contribution in [0.3, 0.4) is 0 Å². The van der Waals surface area contributed by atoms with E-state index in [1.54, 1.807) is 0 Å². The van der Waals surface area contributed by atoms with Crippen LogP contribution in [0.2, 0.25) is 0 Å². The third-order valence-corrected chi connectivity index (χ3v) is 5.91. The maximum Gasteiger partial charge on any atom is 0.150 e. The molecule has 21 heavy (non-hydrogen) atoms. The van der Waals surface area contributed by atoms with Crippen LogP contribution in [0.25, 0.3) is 0 Å². The van der Waals surface area contributed by atoms with Crippen LogP contribution in [0, 0.1) is 13.8 Å². The Morgan fingerprint density at radius 3 is 2.62 bits per heavy atom. The monoisotopic (exact) mass is 311 g/mol. The fraction of sp³-hybridized carbons (Fsp3) is 0.714. The topological polar surface area (TPSA) is 72.4 Å². The van der Waals surface area contributed by atoms with Gasteiger partial charge in [-0.1, -0.05) is 0 Å². The van der Waals surface area contributed by atoms with E-state index in [2.05, 4.69) is 14.9 Å². The molecule has 0 amide bonds. The second-order valence-corrected chi connectivity index (χ2v) is 8.32. The van der Waals surface area contributed by atoms with E-state index < -0.39 is 9.84 Å². The van der Waals surface area contributed by atoms with Crippen molar-refractivity contribution in [1.29, 1.82) is 0 Å². The molecule has 3 rings (SSSR count). The van der Waals surface area contributed by atoms with E-state index in [9.17, 15) is 8.42 Å². The molecule has 0 aliphatic carbocycles. The van der Waals surface area contributed by atoms with Crippen LogP contribution in [-0.2, 0) is 14.6 Å². The summed E-state index contributed by atoms with van der Waals surface area (Å²) >= 11 is 0. The number of aromatic nitrogens is 2. The van der Waals surface area contributed by atoms with Gasteiger partial charge in [-0.3, -0.25) is 0 Å². The van der Waals surface area contributed by atoms with Crippen LogP contribution < -0.4 is 4.90 Å². The Morgan fingerprint density at radius 2 is 1.95 bits per heavy atom. The number of ether oxygens (including phenoxy) is 1. The molecule has 0 atom stereocenters. The van der Waals surface area contributed by atoms with Gasteiger partial charge in [-0.05, 0) is 26.7 Å². The van der Waals surface area contributed by atoms with Crippen LogP contribution in [0.4, 0.5) is 5.82 Å². The van der Waals surface area contributed by atoms with Gasteiger partial charge in [0.2, 0.25) is 0 Å². The third-order valence-electron chi connectivity index (χ3n) is 4.26. The van der Waals surface area contributed by atoms with Crippen LogP contribution in [0.5, 0.6) is 0 Å². The lowest BCUT2D eigenvalue weighted by Crippen LogP contribution is -2.55. The van der Waals surface area contributed by atoms with E-state index in [4.69, 9.17) is 4.74 Å². The predicted molar refractivity (Wildman–Crippen MR) is 80.3 cm³/mol. The zero-order valence-corrected chi connectivity index (χ0v) is 13.3. The number of hydrogen-bond acceptors (Lipinski definition) is 6. The highest BCUT2D eigenvalue weighted by molar-refractivity contribution is 7.91. The van der Waals surface area contributed by atoms with Crippen molar-refractivity contribution in [2.75, 3.05) is 36.1 Å². The molecule has 3 heterocycles. The molecule has 2 aliphatic heterocycles. The van der Waals surface area contributed by atoms with E-state index in [-0.39, 0.29) is 17.1 Å². The minimum Gasteiger partial charge on any atom is -0.371 e. The van der Waals surface area contributed by atoms with Crippen molar-refractivity contribution < 1.29 is 13.2 Å². The lowest BCUT2D eigenvalue weighted by Gasteiger charge is -2.45. The predicted octanol–water partition coefficient (Wildman–Crippen LogP) is 0.877. The van der Waals surface area contributed by atoms with Crippen LogP contribution in [-0.4, -0.2) is 55.2 Å². The van der Waals surface area contributed by atoms with Crippen LogP contribution >= 0.6 is 0 Å². The molecule has 0 saturated carbocycles. The first kappa shape index (κ1) is 14.7. The standard InChI is InChI=1S/C14H21N3O3S/c1-11-9-13(16-12(2)15-11)17-5-6-20-14(10-17)3-7-21(18,19)8-4-14/h9H,3-8,10H2,1-2H3. The molecular formula is C14H21N3O3S. The number of anilines is 1. The van der Waals surface area contributed by atoms with Gasteiger partial charge in [0.15, 0.2) is 9.84 Å². The van der Waals surface area contributed by atoms with E-state index in [1.807, 2.05) is 19.9 Å². The molecule has 7 heteroatoms. The Bertz CT molecular complexity index is 611. The Balaban J connectivity index is 1.80. The zero-order chi connectivity index (χ0) is 15.1. The minimum atomic E-state index is -2.88. The summed E-state index contributed by atoms with van der Waals surface area (Å²) in [6, 6.07) is 1.98. The maximum atomic E-state index is 11.6. The zero-order valence-electron chi connectivity index (χ0n) is 12.5. The Labute approximate surface area is 125 Å². The highest BCUT2D eigenvalue weighted by Gasteiger charge is 2.42. The van der Waals surface area contributed by atoms with Gasteiger partial charge in [0.1, 0.15) is 11.6 Å². The number of morpholine rings is 1. The Hall–Kier alpha value is -1.21. The summed E-state index contributed by atoms with van der Waals surface area (Å²) in [7, 11) is -2.88. The normalized spacial score (nSPS) is 24.2. The highest BCUT2D eigenvalue weighted by atomic mass is 32.2. The lowest BCUT2D eigenvalue weighted by molar-refractivity contribution is -0.0618. The molecule has 1 spiro atoms. The largest absolute Gasteiger partial charge is 0.371 e. The van der Waals surface area contributed by atoms with Gasteiger partial charge in [-0.2, -0.15) is 0 Å². The molecule has 1 aromatic heterocycles. The van der Waals surface area contributed by atoms with Crippen LogP contribution in [0.1, 0.15) is 24.4 Å². The molecule has 0 bridgehead atoms. The smallest absolute Gasteiger partial charge is 0.150 e. The number of hydrogen-bond donors (Lipinski definition) is 0. The van der Waals surface area contributed by atoms with Gasteiger partial charge in [0, 0.05) is 24.8 Å². The van der Waals surface area contributed by atoms with Crippen molar-refractivity contribution >= 4 is 15.7 Å². The van der Waals surface area contributed by atoms with Crippen molar-refractivity contribution in [3.05, 3.63) is 17.6 Å². The van der Waals surface area contributed by atoms with Gasteiger partial charge in [-0.15, -0.1) is 0 Å². The minimum absolute atomic E-state index is 0.225. The molecule has 0 N–H and O–H groups in total. The van der Waals surface area contributed by atoms with Gasteiger partial charge < -0.3 is 9.64 Å². The average molecular weight is 311 g/mol. The molecular weight excluding hydrogens is 290 g/mol. The average Bonchev–Trinajstić information content (AvgIpc) is 2.42. The molecule has 2 saturated heterocycles. The Morgan fingerprint density at radius 1 is 1.24 bits per heavy atom. The second kappa shape index (κ2) is 5.21. The molecule has 0 unspecified atom stereocenters. The van der Waals surface area contributed by atoms with E-state index in [0.29, 0.717) is 26.0 Å². The highest BCUT2D eigenvalue weighted by Crippen LogP contribution is 2.32. The van der Waals surface area contributed by atoms with E-state index in [0.717, 1.165) is 23.9 Å². The van der Waals surface area contributed by atoms with Crippen molar-refractivity contribution in [2.24, 2.45) is 0 Å².